The Hall–Kier alpha value is -3.12. The van der Waals surface area contributed by atoms with Crippen molar-refractivity contribution in [3.63, 3.8) is 0 Å². The van der Waals surface area contributed by atoms with Crippen LogP contribution in [0.2, 0.25) is 0 Å². The highest BCUT2D eigenvalue weighted by atomic mass is 14.2. The van der Waals surface area contributed by atoms with Crippen LogP contribution in [0.1, 0.15) is 22.3 Å². The van der Waals surface area contributed by atoms with Gasteiger partial charge in [-0.25, -0.2) is 0 Å². The van der Waals surface area contributed by atoms with Gasteiger partial charge in [0.1, 0.15) is 0 Å². The lowest BCUT2D eigenvalue weighted by atomic mass is 9.88. The Kier molecular flexibility index (Phi) is 4.88. The molecular weight excluding hydrogens is 336 g/mol. The molecule has 0 unspecified atom stereocenters. The van der Waals surface area contributed by atoms with Crippen LogP contribution in [0.15, 0.2) is 84.9 Å². The zero-order valence-electron chi connectivity index (χ0n) is 17.1. The zero-order valence-corrected chi connectivity index (χ0v) is 17.1. The Balaban J connectivity index is 2.03. The van der Waals surface area contributed by atoms with Gasteiger partial charge >= 0.3 is 0 Å². The molecule has 0 amide bonds. The number of aryl methyl sites for hydroxylation is 4. The number of hydrogen-bond donors (Lipinski definition) is 0. The van der Waals surface area contributed by atoms with E-state index in [1.807, 2.05) is 0 Å². The Labute approximate surface area is 168 Å². The molecule has 4 aromatic carbocycles. The summed E-state index contributed by atoms with van der Waals surface area (Å²) in [6, 6.07) is 30.8. The average Bonchev–Trinajstić information content (AvgIpc) is 2.68. The van der Waals surface area contributed by atoms with Crippen molar-refractivity contribution in [1.82, 2.24) is 0 Å². The molecule has 0 atom stereocenters. The van der Waals surface area contributed by atoms with E-state index in [1.165, 1.54) is 55.6 Å². The topological polar surface area (TPSA) is 0 Å². The Morgan fingerprint density at radius 2 is 0.750 bits per heavy atom. The van der Waals surface area contributed by atoms with Crippen LogP contribution in [-0.2, 0) is 0 Å². The highest BCUT2D eigenvalue weighted by molar-refractivity contribution is 5.84. The third-order valence-electron chi connectivity index (χ3n) is 5.58. The van der Waals surface area contributed by atoms with E-state index in [-0.39, 0.29) is 0 Å². The first-order chi connectivity index (χ1) is 13.5. The second-order valence-electron chi connectivity index (χ2n) is 7.70. The summed E-state index contributed by atoms with van der Waals surface area (Å²) in [5, 5.41) is 0. The summed E-state index contributed by atoms with van der Waals surface area (Å²) in [5.74, 6) is 0. The van der Waals surface area contributed by atoms with E-state index in [1.54, 1.807) is 0 Å². The van der Waals surface area contributed by atoms with Crippen molar-refractivity contribution in [2.75, 3.05) is 0 Å². The summed E-state index contributed by atoms with van der Waals surface area (Å²) >= 11 is 0. The zero-order chi connectivity index (χ0) is 19.7. The van der Waals surface area contributed by atoms with Gasteiger partial charge in [-0.3, -0.25) is 0 Å². The molecular formula is C28H26. The van der Waals surface area contributed by atoms with Gasteiger partial charge in [0.2, 0.25) is 0 Å². The number of benzene rings is 4. The molecule has 0 saturated heterocycles. The van der Waals surface area contributed by atoms with E-state index in [4.69, 9.17) is 0 Å². The predicted molar refractivity (Wildman–Crippen MR) is 122 cm³/mol. The van der Waals surface area contributed by atoms with Crippen molar-refractivity contribution >= 4 is 0 Å². The highest BCUT2D eigenvalue weighted by Crippen LogP contribution is 2.37. The van der Waals surface area contributed by atoms with Gasteiger partial charge in [0.15, 0.2) is 0 Å². The molecule has 0 N–H and O–H groups in total. The predicted octanol–water partition coefficient (Wildman–Crippen LogP) is 7.92. The largest absolute Gasteiger partial charge is 0.0622 e. The second-order valence-corrected chi connectivity index (χ2v) is 7.70. The quantitative estimate of drug-likeness (QED) is 0.347. The number of rotatable bonds is 3. The molecule has 138 valence electrons. The molecule has 4 aromatic rings. The van der Waals surface area contributed by atoms with Crippen LogP contribution in [0, 0.1) is 27.7 Å². The summed E-state index contributed by atoms with van der Waals surface area (Å²) in [7, 11) is 0. The van der Waals surface area contributed by atoms with Crippen LogP contribution in [0.25, 0.3) is 33.4 Å². The molecule has 0 heterocycles. The van der Waals surface area contributed by atoms with Crippen molar-refractivity contribution in [3.05, 3.63) is 107 Å². The minimum absolute atomic E-state index is 1.25. The minimum Gasteiger partial charge on any atom is -0.0622 e. The van der Waals surface area contributed by atoms with Crippen LogP contribution in [0.4, 0.5) is 0 Å². The van der Waals surface area contributed by atoms with E-state index in [0.717, 1.165) is 0 Å². The van der Waals surface area contributed by atoms with Crippen LogP contribution in [0.3, 0.4) is 0 Å². The van der Waals surface area contributed by atoms with Crippen LogP contribution < -0.4 is 0 Å². The Morgan fingerprint density at radius 1 is 0.357 bits per heavy atom. The second kappa shape index (κ2) is 7.48. The molecule has 0 aromatic heterocycles. The first kappa shape index (κ1) is 18.3. The van der Waals surface area contributed by atoms with E-state index in [0.29, 0.717) is 0 Å². The molecule has 0 aliphatic rings. The minimum atomic E-state index is 1.25. The maximum Gasteiger partial charge on any atom is -0.0125 e. The maximum atomic E-state index is 2.36. The van der Waals surface area contributed by atoms with Gasteiger partial charge in [0.05, 0.1) is 0 Å². The summed E-state index contributed by atoms with van der Waals surface area (Å²) in [4.78, 5) is 0. The fourth-order valence-electron chi connectivity index (χ4n) is 4.25. The van der Waals surface area contributed by atoms with Crippen molar-refractivity contribution in [3.8, 4) is 33.4 Å². The average molecular weight is 363 g/mol. The highest BCUT2D eigenvalue weighted by Gasteiger charge is 2.13. The van der Waals surface area contributed by atoms with Crippen molar-refractivity contribution in [2.24, 2.45) is 0 Å². The summed E-state index contributed by atoms with van der Waals surface area (Å²) in [6.45, 7) is 8.82. The first-order valence-corrected chi connectivity index (χ1v) is 9.88. The lowest BCUT2D eigenvalue weighted by Crippen LogP contribution is -1.93. The summed E-state index contributed by atoms with van der Waals surface area (Å²) in [5.41, 5.74) is 13.0. The summed E-state index contributed by atoms with van der Waals surface area (Å²) < 4.78 is 0. The van der Waals surface area contributed by atoms with Crippen molar-refractivity contribution in [1.29, 1.82) is 0 Å². The van der Waals surface area contributed by atoms with E-state index >= 15 is 0 Å². The van der Waals surface area contributed by atoms with Gasteiger partial charge in [0, 0.05) is 0 Å². The molecule has 28 heavy (non-hydrogen) atoms. The first-order valence-electron chi connectivity index (χ1n) is 9.88. The molecule has 0 spiro atoms. The molecule has 0 radical (unpaired) electrons. The van der Waals surface area contributed by atoms with E-state index < -0.39 is 0 Å². The molecule has 0 fully saturated rings. The van der Waals surface area contributed by atoms with Gasteiger partial charge in [-0.1, -0.05) is 66.7 Å². The lowest BCUT2D eigenvalue weighted by Gasteiger charge is -2.17. The Morgan fingerprint density at radius 3 is 1.18 bits per heavy atom. The maximum absolute atomic E-state index is 2.36. The van der Waals surface area contributed by atoms with Crippen LogP contribution in [-0.4, -0.2) is 0 Å². The third-order valence-corrected chi connectivity index (χ3v) is 5.58. The van der Waals surface area contributed by atoms with Crippen LogP contribution in [0.5, 0.6) is 0 Å². The van der Waals surface area contributed by atoms with Gasteiger partial charge in [0.25, 0.3) is 0 Å². The third kappa shape index (κ3) is 3.39. The van der Waals surface area contributed by atoms with Crippen molar-refractivity contribution < 1.29 is 0 Å². The molecule has 4 rings (SSSR count). The van der Waals surface area contributed by atoms with Gasteiger partial charge in [-0.15, -0.1) is 0 Å². The Bertz CT molecular complexity index is 1020. The van der Waals surface area contributed by atoms with E-state index in [2.05, 4.69) is 113 Å². The fraction of sp³-hybridized carbons (Fsp3) is 0.143. The molecule has 0 saturated carbocycles. The van der Waals surface area contributed by atoms with Crippen molar-refractivity contribution in [2.45, 2.75) is 27.7 Å². The smallest absolute Gasteiger partial charge is 0.0125 e. The lowest BCUT2D eigenvalue weighted by molar-refractivity contribution is 1.36. The molecule has 0 aliphatic carbocycles. The fourth-order valence-corrected chi connectivity index (χ4v) is 4.25. The van der Waals surface area contributed by atoms with E-state index in [9.17, 15) is 0 Å². The molecule has 0 bridgehead atoms. The van der Waals surface area contributed by atoms with Gasteiger partial charge in [-0.2, -0.15) is 0 Å². The number of hydrogen-bond acceptors (Lipinski definition) is 0. The standard InChI is InChI=1S/C28H26/c1-19-10-8-11-20(2)27(19)25-16-24(23-14-6-5-7-15-23)17-26(18-25)28-21(3)12-9-13-22(28)4/h5-18H,1-4H3. The molecule has 0 nitrogen and oxygen atoms in total. The molecule has 0 heteroatoms. The molecule has 0 aliphatic heterocycles. The van der Waals surface area contributed by atoms with Crippen LogP contribution >= 0.6 is 0 Å². The normalized spacial score (nSPS) is 10.9. The SMILES string of the molecule is Cc1cccc(C)c1-c1cc(-c2ccccc2)cc(-c2c(C)cccc2C)c1. The monoisotopic (exact) mass is 362 g/mol. The van der Waals surface area contributed by atoms with Gasteiger partial charge < -0.3 is 0 Å². The van der Waals surface area contributed by atoms with Gasteiger partial charge in [-0.05, 0) is 102 Å². The summed E-state index contributed by atoms with van der Waals surface area (Å²) in [6.07, 6.45) is 0.